The van der Waals surface area contributed by atoms with Crippen molar-refractivity contribution in [1.29, 1.82) is 0 Å². The highest BCUT2D eigenvalue weighted by Crippen LogP contribution is 2.38. The van der Waals surface area contributed by atoms with Crippen LogP contribution in [0.15, 0.2) is 11.6 Å². The third-order valence-corrected chi connectivity index (χ3v) is 15.7. The molecule has 4 nitrogen and oxygen atoms in total. The standard InChI is InChI=1S/C22H44O4Si2/c1-21(2,3)27(7,8)24-16-18(17-25-28(9,10)22(4,5)6)15-20(23)26-19-13-11-12-14-19/h15,19H,11-14,16-17H2,1-10H3. The van der Waals surface area contributed by atoms with Gasteiger partial charge >= 0.3 is 5.97 Å². The van der Waals surface area contributed by atoms with Crippen molar-refractivity contribution < 1.29 is 18.4 Å². The second-order valence-corrected chi connectivity index (χ2v) is 20.9. The molecule has 1 aliphatic rings. The van der Waals surface area contributed by atoms with Crippen LogP contribution in [0.3, 0.4) is 0 Å². The number of rotatable bonds is 8. The summed E-state index contributed by atoms with van der Waals surface area (Å²) in [5.41, 5.74) is 0.887. The van der Waals surface area contributed by atoms with Crippen molar-refractivity contribution in [3.8, 4) is 0 Å². The summed E-state index contributed by atoms with van der Waals surface area (Å²) < 4.78 is 18.4. The van der Waals surface area contributed by atoms with E-state index in [1.807, 2.05) is 0 Å². The van der Waals surface area contributed by atoms with Crippen LogP contribution in [-0.2, 0) is 18.4 Å². The van der Waals surface area contributed by atoms with E-state index in [9.17, 15) is 4.79 Å². The van der Waals surface area contributed by atoms with Crippen LogP contribution in [0.5, 0.6) is 0 Å². The summed E-state index contributed by atoms with van der Waals surface area (Å²) in [6.07, 6.45) is 5.96. The Bertz CT molecular complexity index is 516. The molecule has 0 heterocycles. The van der Waals surface area contributed by atoms with E-state index in [1.165, 1.54) is 0 Å². The lowest BCUT2D eigenvalue weighted by Crippen LogP contribution is -2.43. The third kappa shape index (κ3) is 7.77. The van der Waals surface area contributed by atoms with E-state index < -0.39 is 16.6 Å². The van der Waals surface area contributed by atoms with Crippen molar-refractivity contribution in [3.63, 3.8) is 0 Å². The Morgan fingerprint density at radius 1 is 0.857 bits per heavy atom. The monoisotopic (exact) mass is 428 g/mol. The Morgan fingerprint density at radius 3 is 1.61 bits per heavy atom. The predicted molar refractivity (Wildman–Crippen MR) is 123 cm³/mol. The molecule has 1 rings (SSSR count). The molecule has 1 aliphatic carbocycles. The Morgan fingerprint density at radius 2 is 1.25 bits per heavy atom. The molecule has 0 aliphatic heterocycles. The molecule has 0 saturated heterocycles. The van der Waals surface area contributed by atoms with E-state index >= 15 is 0 Å². The second-order valence-electron chi connectivity index (χ2n) is 11.2. The summed E-state index contributed by atoms with van der Waals surface area (Å²) >= 11 is 0. The summed E-state index contributed by atoms with van der Waals surface area (Å²) in [4.78, 5) is 12.5. The number of hydrogen-bond acceptors (Lipinski definition) is 4. The van der Waals surface area contributed by atoms with Gasteiger partial charge in [-0.2, -0.15) is 0 Å². The van der Waals surface area contributed by atoms with Crippen LogP contribution >= 0.6 is 0 Å². The van der Waals surface area contributed by atoms with Gasteiger partial charge in [-0.15, -0.1) is 0 Å². The minimum atomic E-state index is -1.90. The highest BCUT2D eigenvalue weighted by molar-refractivity contribution is 6.74. The molecule has 0 aromatic carbocycles. The normalized spacial score (nSPS) is 16.9. The van der Waals surface area contributed by atoms with Crippen LogP contribution in [0.2, 0.25) is 36.3 Å². The Hall–Kier alpha value is -0.436. The molecule has 0 spiro atoms. The maximum absolute atomic E-state index is 12.5. The summed E-state index contributed by atoms with van der Waals surface area (Å²) in [7, 11) is -3.81. The molecule has 164 valence electrons. The highest BCUT2D eigenvalue weighted by atomic mass is 28.4. The molecule has 0 unspecified atom stereocenters. The maximum atomic E-state index is 12.5. The Balaban J connectivity index is 2.86. The fourth-order valence-electron chi connectivity index (χ4n) is 2.48. The largest absolute Gasteiger partial charge is 0.459 e. The van der Waals surface area contributed by atoms with Crippen molar-refractivity contribution in [2.45, 2.75) is 110 Å². The minimum Gasteiger partial charge on any atom is -0.459 e. The molecule has 0 atom stereocenters. The van der Waals surface area contributed by atoms with E-state index in [1.54, 1.807) is 6.08 Å². The van der Waals surface area contributed by atoms with Gasteiger partial charge in [0.1, 0.15) is 6.10 Å². The fraction of sp³-hybridized carbons (Fsp3) is 0.864. The van der Waals surface area contributed by atoms with Gasteiger partial charge in [0.25, 0.3) is 0 Å². The summed E-state index contributed by atoms with van der Waals surface area (Å²) in [6, 6.07) is 0. The summed E-state index contributed by atoms with van der Waals surface area (Å²) in [5, 5.41) is 0.255. The van der Waals surface area contributed by atoms with Gasteiger partial charge in [0.2, 0.25) is 0 Å². The lowest BCUT2D eigenvalue weighted by molar-refractivity contribution is -0.142. The van der Waals surface area contributed by atoms with Gasteiger partial charge in [-0.3, -0.25) is 0 Å². The minimum absolute atomic E-state index is 0.0765. The maximum Gasteiger partial charge on any atom is 0.331 e. The van der Waals surface area contributed by atoms with Gasteiger partial charge in [0.15, 0.2) is 16.6 Å². The van der Waals surface area contributed by atoms with Crippen molar-refractivity contribution in [3.05, 3.63) is 11.6 Å². The third-order valence-electron chi connectivity index (χ3n) is 6.76. The number of carbonyl (C=O) groups is 1. The van der Waals surface area contributed by atoms with Crippen molar-refractivity contribution >= 4 is 22.6 Å². The van der Waals surface area contributed by atoms with Gasteiger partial charge in [0, 0.05) is 6.08 Å². The van der Waals surface area contributed by atoms with Crippen molar-refractivity contribution in [2.24, 2.45) is 0 Å². The fourth-order valence-corrected chi connectivity index (χ4v) is 4.43. The van der Waals surface area contributed by atoms with Gasteiger partial charge < -0.3 is 13.6 Å². The molecule has 28 heavy (non-hydrogen) atoms. The molecule has 6 heteroatoms. The van der Waals surface area contributed by atoms with E-state index in [2.05, 4.69) is 67.7 Å². The first-order chi connectivity index (χ1) is 12.6. The number of ether oxygens (including phenoxy) is 1. The first-order valence-corrected chi connectivity index (χ1v) is 16.5. The van der Waals surface area contributed by atoms with Crippen LogP contribution < -0.4 is 0 Å². The molecule has 1 saturated carbocycles. The highest BCUT2D eigenvalue weighted by Gasteiger charge is 2.39. The number of hydrogen-bond donors (Lipinski definition) is 0. The van der Waals surface area contributed by atoms with Crippen LogP contribution in [0.4, 0.5) is 0 Å². The summed E-state index contributed by atoms with van der Waals surface area (Å²) in [5.74, 6) is -0.250. The molecular formula is C22H44O4Si2. The molecule has 0 amide bonds. The van der Waals surface area contributed by atoms with Crippen molar-refractivity contribution in [1.82, 2.24) is 0 Å². The molecule has 0 bridgehead atoms. The predicted octanol–water partition coefficient (Wildman–Crippen LogP) is 6.44. The van der Waals surface area contributed by atoms with Crippen molar-refractivity contribution in [2.75, 3.05) is 13.2 Å². The molecule has 0 aromatic rings. The lowest BCUT2D eigenvalue weighted by atomic mass is 10.2. The quantitative estimate of drug-likeness (QED) is 0.253. The zero-order valence-electron chi connectivity index (χ0n) is 20.0. The molecule has 0 aromatic heterocycles. The van der Waals surface area contributed by atoms with Crippen LogP contribution in [0, 0.1) is 0 Å². The zero-order valence-corrected chi connectivity index (χ0v) is 22.0. The Labute approximate surface area is 175 Å². The van der Waals surface area contributed by atoms with Gasteiger partial charge in [0.05, 0.1) is 13.2 Å². The summed E-state index contributed by atoms with van der Waals surface area (Å²) in [6.45, 7) is 23.2. The van der Waals surface area contributed by atoms with Gasteiger partial charge in [-0.1, -0.05) is 41.5 Å². The van der Waals surface area contributed by atoms with Crippen LogP contribution in [0.25, 0.3) is 0 Å². The molecule has 0 N–H and O–H groups in total. The number of carbonyl (C=O) groups excluding carboxylic acids is 1. The second kappa shape index (κ2) is 9.58. The zero-order chi connectivity index (χ0) is 21.8. The smallest absolute Gasteiger partial charge is 0.331 e. The van der Waals surface area contributed by atoms with Gasteiger partial charge in [-0.05, 0) is 67.5 Å². The van der Waals surface area contributed by atoms with E-state index in [0.29, 0.717) is 13.2 Å². The van der Waals surface area contributed by atoms with Crippen LogP contribution in [0.1, 0.15) is 67.2 Å². The molecule has 0 radical (unpaired) electrons. The molecular weight excluding hydrogens is 384 g/mol. The van der Waals surface area contributed by atoms with Crippen LogP contribution in [-0.4, -0.2) is 41.9 Å². The average molecular weight is 429 g/mol. The first-order valence-electron chi connectivity index (χ1n) is 10.7. The Kier molecular flexibility index (Phi) is 8.76. The average Bonchev–Trinajstić information content (AvgIpc) is 3.00. The lowest BCUT2D eigenvalue weighted by Gasteiger charge is -2.38. The van der Waals surface area contributed by atoms with Gasteiger partial charge in [-0.25, -0.2) is 4.79 Å². The topological polar surface area (TPSA) is 44.8 Å². The molecule has 1 fully saturated rings. The van der Waals surface area contributed by atoms with E-state index in [-0.39, 0.29) is 22.1 Å². The first kappa shape index (κ1) is 25.6. The SMILES string of the molecule is CC(C)(C)[Si](C)(C)OCC(=CC(=O)OC1CCCC1)CO[Si](C)(C)C(C)(C)C. The van der Waals surface area contributed by atoms with E-state index in [4.69, 9.17) is 13.6 Å². The number of esters is 1. The van der Waals surface area contributed by atoms with E-state index in [0.717, 1.165) is 31.3 Å².